The van der Waals surface area contributed by atoms with E-state index in [9.17, 15) is 0 Å². The smallest absolute Gasteiger partial charge is 0.217 e. The molecule has 0 amide bonds. The van der Waals surface area contributed by atoms with Gasteiger partial charge in [0.2, 0.25) is 5.88 Å². The monoisotopic (exact) mass is 313 g/mol. The van der Waals surface area contributed by atoms with Crippen molar-refractivity contribution in [1.29, 1.82) is 0 Å². The number of aryl methyl sites for hydroxylation is 1. The van der Waals surface area contributed by atoms with E-state index in [1.807, 2.05) is 19.3 Å². The van der Waals surface area contributed by atoms with Crippen LogP contribution in [0.4, 0.5) is 0 Å². The predicted molar refractivity (Wildman–Crippen MR) is 86.3 cm³/mol. The van der Waals surface area contributed by atoms with Crippen molar-refractivity contribution in [3.05, 3.63) is 29.0 Å². The largest absolute Gasteiger partial charge is 0.469 e. The molecule has 6 rings (SSSR count). The average molecular weight is 313 g/mol. The summed E-state index contributed by atoms with van der Waals surface area (Å²) < 4.78 is 6.40. The number of pyridine rings is 1. The van der Waals surface area contributed by atoms with Crippen LogP contribution in [0.2, 0.25) is 0 Å². The summed E-state index contributed by atoms with van der Waals surface area (Å²) in [7, 11) is 0. The van der Waals surface area contributed by atoms with Gasteiger partial charge in [-0.05, 0) is 38.9 Å². The molecule has 5 heteroatoms. The third kappa shape index (κ3) is 1.85. The van der Waals surface area contributed by atoms with Crippen LogP contribution in [0.5, 0.6) is 5.88 Å². The van der Waals surface area contributed by atoms with Crippen molar-refractivity contribution in [3.8, 4) is 16.3 Å². The topological polar surface area (TPSA) is 38.2 Å². The molecule has 3 saturated heterocycles. The van der Waals surface area contributed by atoms with E-state index in [4.69, 9.17) is 4.74 Å². The van der Waals surface area contributed by atoms with Crippen LogP contribution in [-0.2, 0) is 6.42 Å². The predicted octanol–water partition coefficient (Wildman–Crippen LogP) is 2.91. The molecule has 114 valence electrons. The highest BCUT2D eigenvalue weighted by Gasteiger charge is 2.52. The molecule has 0 aromatic carbocycles. The number of thiazole rings is 1. The molecule has 1 spiro atoms. The van der Waals surface area contributed by atoms with E-state index in [2.05, 4.69) is 20.9 Å². The lowest BCUT2D eigenvalue weighted by molar-refractivity contribution is -0.0814. The van der Waals surface area contributed by atoms with Crippen LogP contribution >= 0.6 is 11.3 Å². The summed E-state index contributed by atoms with van der Waals surface area (Å²) >= 11 is 1.73. The van der Waals surface area contributed by atoms with Gasteiger partial charge in [-0.25, -0.2) is 9.97 Å². The maximum absolute atomic E-state index is 6.40. The first-order valence-corrected chi connectivity index (χ1v) is 8.87. The Morgan fingerprint density at radius 2 is 2.14 bits per heavy atom. The molecule has 0 unspecified atom stereocenters. The molecule has 2 aromatic rings. The minimum atomic E-state index is -0.00588. The Morgan fingerprint density at radius 1 is 1.27 bits per heavy atom. The van der Waals surface area contributed by atoms with Gasteiger partial charge in [-0.3, -0.25) is 4.90 Å². The SMILES string of the molecule is Cc1ncc(-c2cnc3c(c2)C[C@@]2(CN4CCC2CC4)O3)s1. The van der Waals surface area contributed by atoms with Crippen LogP contribution in [0.25, 0.3) is 10.4 Å². The van der Waals surface area contributed by atoms with Gasteiger partial charge in [-0.15, -0.1) is 11.3 Å². The Labute approximate surface area is 134 Å². The van der Waals surface area contributed by atoms with Gasteiger partial charge in [0.1, 0.15) is 5.60 Å². The number of nitrogens with zero attached hydrogens (tertiary/aromatic N) is 3. The molecule has 4 aliphatic rings. The maximum atomic E-state index is 6.40. The molecule has 0 aliphatic carbocycles. The zero-order valence-corrected chi connectivity index (χ0v) is 13.5. The van der Waals surface area contributed by atoms with Gasteiger partial charge < -0.3 is 4.74 Å². The van der Waals surface area contributed by atoms with E-state index in [-0.39, 0.29) is 5.60 Å². The fourth-order valence-corrected chi connectivity index (χ4v) is 5.10. The van der Waals surface area contributed by atoms with E-state index in [0.717, 1.165) is 23.9 Å². The van der Waals surface area contributed by atoms with E-state index in [1.165, 1.54) is 41.9 Å². The maximum Gasteiger partial charge on any atom is 0.217 e. The molecule has 1 atom stereocenters. The van der Waals surface area contributed by atoms with E-state index in [1.54, 1.807) is 11.3 Å². The Bertz CT molecular complexity index is 735. The molecule has 0 saturated carbocycles. The summed E-state index contributed by atoms with van der Waals surface area (Å²) in [4.78, 5) is 12.7. The highest BCUT2D eigenvalue weighted by molar-refractivity contribution is 7.15. The van der Waals surface area contributed by atoms with Crippen molar-refractivity contribution < 1.29 is 4.74 Å². The lowest BCUT2D eigenvalue weighted by atomic mass is 9.73. The summed E-state index contributed by atoms with van der Waals surface area (Å²) in [6, 6.07) is 2.27. The Morgan fingerprint density at radius 3 is 2.82 bits per heavy atom. The van der Waals surface area contributed by atoms with E-state index < -0.39 is 0 Å². The second-order valence-electron chi connectivity index (χ2n) is 6.83. The normalized spacial score (nSPS) is 32.2. The molecule has 2 bridgehead atoms. The summed E-state index contributed by atoms with van der Waals surface area (Å²) in [5.41, 5.74) is 2.44. The molecule has 6 heterocycles. The van der Waals surface area contributed by atoms with Gasteiger partial charge in [0.05, 0.1) is 9.88 Å². The summed E-state index contributed by atoms with van der Waals surface area (Å²) in [5.74, 6) is 1.56. The minimum absolute atomic E-state index is 0.00588. The average Bonchev–Trinajstić information content (AvgIpc) is 3.11. The summed E-state index contributed by atoms with van der Waals surface area (Å²) in [6.07, 6.45) is 7.45. The number of rotatable bonds is 1. The van der Waals surface area contributed by atoms with Crippen molar-refractivity contribution in [1.82, 2.24) is 14.9 Å². The summed E-state index contributed by atoms with van der Waals surface area (Å²) in [6.45, 7) is 5.60. The first-order valence-electron chi connectivity index (χ1n) is 8.05. The number of ether oxygens (including phenoxy) is 1. The van der Waals surface area contributed by atoms with Gasteiger partial charge in [0.25, 0.3) is 0 Å². The Balaban J connectivity index is 1.49. The zero-order chi connectivity index (χ0) is 14.7. The number of hydrogen-bond acceptors (Lipinski definition) is 5. The third-order valence-corrected chi connectivity index (χ3v) is 6.41. The quantitative estimate of drug-likeness (QED) is 0.811. The molecule has 0 N–H and O–H groups in total. The van der Waals surface area contributed by atoms with Crippen LogP contribution in [0, 0.1) is 12.8 Å². The molecule has 3 fully saturated rings. The molecular weight excluding hydrogens is 294 g/mol. The number of fused-ring (bicyclic) bond motifs is 3. The van der Waals surface area contributed by atoms with Gasteiger partial charge in [0, 0.05) is 42.4 Å². The molecule has 4 nitrogen and oxygen atoms in total. The highest BCUT2D eigenvalue weighted by atomic mass is 32.1. The fraction of sp³-hybridized carbons (Fsp3) is 0.529. The van der Waals surface area contributed by atoms with Crippen molar-refractivity contribution in [2.75, 3.05) is 19.6 Å². The van der Waals surface area contributed by atoms with Gasteiger partial charge >= 0.3 is 0 Å². The molecular formula is C17H19N3OS. The fourth-order valence-electron chi connectivity index (χ4n) is 4.34. The van der Waals surface area contributed by atoms with Crippen molar-refractivity contribution in [2.45, 2.75) is 31.8 Å². The molecule has 0 radical (unpaired) electrons. The van der Waals surface area contributed by atoms with Crippen LogP contribution in [0.1, 0.15) is 23.4 Å². The first kappa shape index (κ1) is 13.0. The number of aromatic nitrogens is 2. The zero-order valence-electron chi connectivity index (χ0n) is 12.7. The summed E-state index contributed by atoms with van der Waals surface area (Å²) in [5, 5.41) is 1.10. The van der Waals surface area contributed by atoms with Crippen molar-refractivity contribution in [3.63, 3.8) is 0 Å². The standard InChI is InChI=1S/C17H19N3OS/c1-11-18-9-15(22-11)13-6-12-7-17(21-16(12)19-8-13)10-20-4-2-14(17)3-5-20/h6,8-9,14H,2-5,7,10H2,1H3/t17-/m0/s1. The van der Waals surface area contributed by atoms with Crippen LogP contribution in [-0.4, -0.2) is 40.1 Å². The lowest BCUT2D eigenvalue weighted by Crippen LogP contribution is -2.61. The van der Waals surface area contributed by atoms with Crippen molar-refractivity contribution >= 4 is 11.3 Å². The molecule has 2 aromatic heterocycles. The van der Waals surface area contributed by atoms with Crippen molar-refractivity contribution in [2.24, 2.45) is 5.92 Å². The minimum Gasteiger partial charge on any atom is -0.469 e. The van der Waals surface area contributed by atoms with Crippen LogP contribution in [0.3, 0.4) is 0 Å². The number of hydrogen-bond donors (Lipinski definition) is 0. The number of piperidine rings is 3. The Kier molecular flexibility index (Phi) is 2.68. The van der Waals surface area contributed by atoms with Gasteiger partial charge in [-0.2, -0.15) is 0 Å². The third-order valence-electron chi connectivity index (χ3n) is 5.44. The molecule has 4 aliphatic heterocycles. The second-order valence-corrected chi connectivity index (χ2v) is 8.06. The van der Waals surface area contributed by atoms with Crippen LogP contribution in [0.15, 0.2) is 18.5 Å². The molecule has 22 heavy (non-hydrogen) atoms. The second kappa shape index (κ2) is 4.52. The van der Waals surface area contributed by atoms with Gasteiger partial charge in [-0.1, -0.05) is 0 Å². The first-order chi connectivity index (χ1) is 10.7. The van der Waals surface area contributed by atoms with E-state index >= 15 is 0 Å². The van der Waals surface area contributed by atoms with Gasteiger partial charge in [0.15, 0.2) is 0 Å². The lowest BCUT2D eigenvalue weighted by Gasteiger charge is -2.50. The van der Waals surface area contributed by atoms with Crippen LogP contribution < -0.4 is 4.74 Å². The highest BCUT2D eigenvalue weighted by Crippen LogP contribution is 2.46. The van der Waals surface area contributed by atoms with E-state index in [0.29, 0.717) is 5.92 Å². The Hall–Kier alpha value is -1.46.